The molecule has 1 fully saturated rings. The minimum atomic E-state index is -0.937. The van der Waals surface area contributed by atoms with Crippen molar-refractivity contribution >= 4 is 6.29 Å². The Bertz CT molecular complexity index is 206. The fourth-order valence-electron chi connectivity index (χ4n) is 2.75. The molecule has 1 atom stereocenters. The average molecular weight is 213 g/mol. The number of rotatable bonds is 4. The second-order valence-electron chi connectivity index (χ2n) is 5.04. The summed E-state index contributed by atoms with van der Waals surface area (Å²) in [5.74, 6) is 0. The van der Waals surface area contributed by atoms with E-state index in [1.165, 1.54) is 12.8 Å². The summed E-state index contributed by atoms with van der Waals surface area (Å²) in [5.41, 5.74) is 4.67. The third-order valence-electron chi connectivity index (χ3n) is 4.07. The Morgan fingerprint density at radius 2 is 1.87 bits per heavy atom. The minimum Gasteiger partial charge on any atom is -0.389 e. The van der Waals surface area contributed by atoms with Gasteiger partial charge >= 0.3 is 0 Å². The molecule has 88 valence electrons. The van der Waals surface area contributed by atoms with Gasteiger partial charge in [-0.25, -0.2) is 0 Å². The molecule has 0 bridgehead atoms. The lowest BCUT2D eigenvalue weighted by molar-refractivity contribution is -0.121. The molecule has 0 heterocycles. The van der Waals surface area contributed by atoms with Crippen LogP contribution in [0.3, 0.4) is 0 Å². The van der Waals surface area contributed by atoms with Gasteiger partial charge in [-0.1, -0.05) is 25.7 Å². The van der Waals surface area contributed by atoms with Gasteiger partial charge in [0, 0.05) is 18.4 Å². The van der Waals surface area contributed by atoms with E-state index in [2.05, 4.69) is 0 Å². The zero-order valence-corrected chi connectivity index (χ0v) is 9.67. The van der Waals surface area contributed by atoms with Crippen molar-refractivity contribution in [3.63, 3.8) is 0 Å². The molecule has 15 heavy (non-hydrogen) atoms. The lowest BCUT2D eigenvalue weighted by atomic mass is 9.66. The van der Waals surface area contributed by atoms with Crippen LogP contribution in [0.15, 0.2) is 0 Å². The molecule has 0 amide bonds. The van der Waals surface area contributed by atoms with Crippen LogP contribution < -0.4 is 5.73 Å². The number of carbonyl (C=O) groups is 1. The molecule has 0 aromatic heterocycles. The number of carbonyl (C=O) groups excluding carboxylic acids is 1. The Labute approximate surface area is 92.0 Å². The third kappa shape index (κ3) is 2.58. The van der Waals surface area contributed by atoms with Gasteiger partial charge in [0.1, 0.15) is 6.29 Å². The molecule has 0 radical (unpaired) electrons. The zero-order valence-electron chi connectivity index (χ0n) is 9.67. The minimum absolute atomic E-state index is 0.199. The van der Waals surface area contributed by atoms with Gasteiger partial charge in [0.25, 0.3) is 0 Å². The smallest absolute Gasteiger partial charge is 0.122 e. The summed E-state index contributed by atoms with van der Waals surface area (Å²) in [6.45, 7) is 2.24. The Balaban J connectivity index is 2.84. The van der Waals surface area contributed by atoms with Gasteiger partial charge in [-0.15, -0.1) is 0 Å². The number of hydrogen-bond donors (Lipinski definition) is 2. The second kappa shape index (κ2) is 5.08. The number of nitrogens with two attached hydrogens (primary N) is 1. The molecule has 0 aromatic rings. The first-order chi connectivity index (χ1) is 7.08. The second-order valence-corrected chi connectivity index (χ2v) is 5.04. The molecule has 3 nitrogen and oxygen atoms in total. The molecule has 1 aliphatic carbocycles. The van der Waals surface area contributed by atoms with Crippen LogP contribution in [0, 0.1) is 5.41 Å². The Morgan fingerprint density at radius 3 is 2.27 bits per heavy atom. The highest BCUT2D eigenvalue weighted by molar-refractivity contribution is 5.51. The summed E-state index contributed by atoms with van der Waals surface area (Å²) in [5, 5.41) is 10.4. The Hall–Kier alpha value is -0.410. The predicted molar refractivity (Wildman–Crippen MR) is 60.5 cm³/mol. The van der Waals surface area contributed by atoms with Crippen molar-refractivity contribution in [3.8, 4) is 0 Å². The maximum Gasteiger partial charge on any atom is 0.122 e. The first-order valence-electron chi connectivity index (χ1n) is 5.94. The van der Waals surface area contributed by atoms with Crippen molar-refractivity contribution < 1.29 is 9.90 Å². The van der Waals surface area contributed by atoms with E-state index in [1.54, 1.807) is 6.92 Å². The number of aldehydes is 1. The Morgan fingerprint density at radius 1 is 1.33 bits per heavy atom. The van der Waals surface area contributed by atoms with Gasteiger partial charge in [0.05, 0.1) is 5.60 Å². The summed E-state index contributed by atoms with van der Waals surface area (Å²) < 4.78 is 0. The quantitative estimate of drug-likeness (QED) is 0.551. The van der Waals surface area contributed by atoms with Crippen molar-refractivity contribution in [2.24, 2.45) is 11.1 Å². The van der Waals surface area contributed by atoms with E-state index in [0.717, 1.165) is 32.0 Å². The summed E-state index contributed by atoms with van der Waals surface area (Å²) in [4.78, 5) is 10.6. The fraction of sp³-hybridized carbons (Fsp3) is 0.917. The highest BCUT2D eigenvalue weighted by Gasteiger charge is 2.45. The lowest BCUT2D eigenvalue weighted by Crippen LogP contribution is -2.50. The average Bonchev–Trinajstić information content (AvgIpc) is 2.43. The van der Waals surface area contributed by atoms with Gasteiger partial charge in [-0.3, -0.25) is 0 Å². The first-order valence-corrected chi connectivity index (χ1v) is 5.94. The number of aliphatic hydroxyl groups is 1. The van der Waals surface area contributed by atoms with E-state index < -0.39 is 5.60 Å². The summed E-state index contributed by atoms with van der Waals surface area (Å²) in [6.07, 6.45) is 7.58. The topological polar surface area (TPSA) is 63.3 Å². The normalized spacial score (nSPS) is 25.3. The van der Waals surface area contributed by atoms with Crippen LogP contribution in [0.4, 0.5) is 0 Å². The third-order valence-corrected chi connectivity index (χ3v) is 4.07. The van der Waals surface area contributed by atoms with Gasteiger partial charge in [0.15, 0.2) is 0 Å². The predicted octanol–water partition coefficient (Wildman–Crippen LogP) is 1.63. The van der Waals surface area contributed by atoms with Crippen molar-refractivity contribution in [1.82, 2.24) is 0 Å². The van der Waals surface area contributed by atoms with Gasteiger partial charge in [0.2, 0.25) is 0 Å². The fourth-order valence-corrected chi connectivity index (χ4v) is 2.75. The first kappa shape index (κ1) is 12.7. The highest BCUT2D eigenvalue weighted by Crippen LogP contribution is 2.44. The van der Waals surface area contributed by atoms with E-state index in [4.69, 9.17) is 5.73 Å². The largest absolute Gasteiger partial charge is 0.389 e. The van der Waals surface area contributed by atoms with Crippen LogP contribution in [-0.4, -0.2) is 23.5 Å². The van der Waals surface area contributed by atoms with E-state index in [0.29, 0.717) is 6.54 Å². The van der Waals surface area contributed by atoms with Crippen molar-refractivity contribution in [3.05, 3.63) is 0 Å². The van der Waals surface area contributed by atoms with Crippen LogP contribution in [0.25, 0.3) is 0 Å². The molecule has 0 spiro atoms. The van der Waals surface area contributed by atoms with Crippen LogP contribution >= 0.6 is 0 Å². The molecule has 1 unspecified atom stereocenters. The molecule has 3 N–H and O–H groups in total. The maximum absolute atomic E-state index is 10.6. The van der Waals surface area contributed by atoms with Crippen LogP contribution in [0.2, 0.25) is 0 Å². The standard InChI is InChI=1S/C12H23NO2/c1-11(15,8-9-14)12(10-13)6-4-2-3-5-7-12/h9,15H,2-8,10,13H2,1H3. The zero-order chi connectivity index (χ0) is 11.4. The highest BCUT2D eigenvalue weighted by atomic mass is 16.3. The number of hydrogen-bond acceptors (Lipinski definition) is 3. The molecule has 0 aliphatic heterocycles. The molecule has 0 aromatic carbocycles. The van der Waals surface area contributed by atoms with Crippen LogP contribution in [0.5, 0.6) is 0 Å². The van der Waals surface area contributed by atoms with Crippen LogP contribution in [-0.2, 0) is 4.79 Å². The maximum atomic E-state index is 10.6. The monoisotopic (exact) mass is 213 g/mol. The molecular weight excluding hydrogens is 190 g/mol. The van der Waals surface area contributed by atoms with E-state index >= 15 is 0 Å². The van der Waals surface area contributed by atoms with Gasteiger partial charge < -0.3 is 15.6 Å². The van der Waals surface area contributed by atoms with Crippen LogP contribution in [0.1, 0.15) is 51.9 Å². The van der Waals surface area contributed by atoms with Crippen molar-refractivity contribution in [1.29, 1.82) is 0 Å². The summed E-state index contributed by atoms with van der Waals surface area (Å²) in [7, 11) is 0. The van der Waals surface area contributed by atoms with Gasteiger partial charge in [-0.05, 0) is 19.8 Å². The van der Waals surface area contributed by atoms with Crippen molar-refractivity contribution in [2.75, 3.05) is 6.54 Å². The molecule has 1 aliphatic rings. The molecule has 1 saturated carbocycles. The van der Waals surface area contributed by atoms with E-state index in [-0.39, 0.29) is 11.8 Å². The Kier molecular flexibility index (Phi) is 4.29. The molecule has 1 rings (SSSR count). The SMILES string of the molecule is CC(O)(CC=O)C1(CN)CCCCCC1. The van der Waals surface area contributed by atoms with Crippen molar-refractivity contribution in [2.45, 2.75) is 57.5 Å². The summed E-state index contributed by atoms with van der Waals surface area (Å²) >= 11 is 0. The van der Waals surface area contributed by atoms with Gasteiger partial charge in [-0.2, -0.15) is 0 Å². The molecular formula is C12H23NO2. The van der Waals surface area contributed by atoms with E-state index in [9.17, 15) is 9.90 Å². The summed E-state index contributed by atoms with van der Waals surface area (Å²) in [6, 6.07) is 0. The molecule has 3 heteroatoms. The van der Waals surface area contributed by atoms with E-state index in [1.807, 2.05) is 0 Å². The molecule has 0 saturated heterocycles. The lowest BCUT2D eigenvalue weighted by Gasteiger charge is -2.44.